The zero-order valence-corrected chi connectivity index (χ0v) is 5.44. The van der Waals surface area contributed by atoms with Gasteiger partial charge in [-0.25, -0.2) is 0 Å². The average Bonchev–Trinajstić information content (AvgIpc) is 1.64. The molecule has 0 atom stereocenters. The van der Waals surface area contributed by atoms with E-state index in [0.717, 1.165) is 5.02 Å². The molecule has 0 N–H and O–H groups in total. The molecular weight excluding hydrogens is 118 g/mol. The molecule has 0 amide bonds. The second-order valence-electron chi connectivity index (χ2n) is 1.80. The lowest BCUT2D eigenvalue weighted by molar-refractivity contribution is 1.77. The summed E-state index contributed by atoms with van der Waals surface area (Å²) >= 11 is 5.64. The van der Waals surface area contributed by atoms with Crippen LogP contribution < -0.4 is 5.46 Å². The fourth-order valence-electron chi connectivity index (χ4n) is 0.606. The molecule has 0 saturated heterocycles. The van der Waals surface area contributed by atoms with E-state index in [1.165, 1.54) is 5.46 Å². The lowest BCUT2D eigenvalue weighted by atomic mass is 9.97. The highest BCUT2D eigenvalue weighted by molar-refractivity contribution is 6.36. The first kappa shape index (κ1) is 5.71. The van der Waals surface area contributed by atoms with E-state index in [9.17, 15) is 0 Å². The van der Waals surface area contributed by atoms with Crippen molar-refractivity contribution in [3.8, 4) is 0 Å². The number of benzene rings is 1. The molecule has 0 aromatic heterocycles. The number of halogens is 1. The van der Waals surface area contributed by atoms with Crippen molar-refractivity contribution in [1.82, 2.24) is 0 Å². The van der Waals surface area contributed by atoms with Crippen LogP contribution >= 0.6 is 11.6 Å². The van der Waals surface area contributed by atoms with Crippen LogP contribution in [0, 0.1) is 0 Å². The Morgan fingerprint density at radius 1 is 1.38 bits per heavy atom. The smallest absolute Gasteiger partial charge is 0.0875 e. The van der Waals surface area contributed by atoms with Crippen LogP contribution in [-0.2, 0) is 0 Å². The third-order valence-electron chi connectivity index (χ3n) is 0.980. The summed E-state index contributed by atoms with van der Waals surface area (Å²) in [6.45, 7) is 0. The van der Waals surface area contributed by atoms with Gasteiger partial charge in [0, 0.05) is 5.02 Å². The van der Waals surface area contributed by atoms with E-state index < -0.39 is 0 Å². The fourth-order valence-corrected chi connectivity index (χ4v) is 0.850. The molecule has 1 aromatic rings. The number of hydrogen-bond acceptors (Lipinski definition) is 0. The van der Waals surface area contributed by atoms with Crippen molar-refractivity contribution in [3.63, 3.8) is 0 Å². The predicted octanol–water partition coefficient (Wildman–Crippen LogP) is 0.598. The van der Waals surface area contributed by atoms with Crippen LogP contribution in [0.1, 0.15) is 0 Å². The Bertz CT molecular complexity index is 168. The maximum Gasteiger partial charge on any atom is 0.139 e. The van der Waals surface area contributed by atoms with Gasteiger partial charge in [0.1, 0.15) is 7.85 Å². The van der Waals surface area contributed by atoms with Crippen LogP contribution in [0.25, 0.3) is 0 Å². The summed E-state index contributed by atoms with van der Waals surface area (Å²) in [5.41, 5.74) is 1.21. The fraction of sp³-hybridized carbons (Fsp3) is 0. The molecule has 0 heterocycles. The van der Waals surface area contributed by atoms with Gasteiger partial charge in [-0.2, -0.15) is 0 Å². The molecule has 0 fully saturated rings. The summed E-state index contributed by atoms with van der Waals surface area (Å²) < 4.78 is 0. The van der Waals surface area contributed by atoms with Gasteiger partial charge in [-0.3, -0.25) is 0 Å². The Labute approximate surface area is 54.9 Å². The Morgan fingerprint density at radius 3 is 2.50 bits per heavy atom. The highest BCUT2D eigenvalue weighted by atomic mass is 35.5. The second-order valence-corrected chi connectivity index (χ2v) is 2.24. The normalized spacial score (nSPS) is 9.12. The van der Waals surface area contributed by atoms with Gasteiger partial charge in [-0.15, -0.1) is 0 Å². The van der Waals surface area contributed by atoms with Crippen molar-refractivity contribution < 1.29 is 0 Å². The van der Waals surface area contributed by atoms with Crippen LogP contribution in [0.4, 0.5) is 0 Å². The van der Waals surface area contributed by atoms with Crippen molar-refractivity contribution in [2.24, 2.45) is 0 Å². The first-order valence-electron chi connectivity index (χ1n) is 2.51. The average molecular weight is 124 g/mol. The van der Waals surface area contributed by atoms with Gasteiger partial charge in [0.2, 0.25) is 0 Å². The van der Waals surface area contributed by atoms with E-state index in [2.05, 4.69) is 0 Å². The molecule has 8 heavy (non-hydrogen) atoms. The summed E-state index contributed by atoms with van der Waals surface area (Å²) in [7, 11) is 2.02. The van der Waals surface area contributed by atoms with Crippen molar-refractivity contribution in [2.75, 3.05) is 0 Å². The van der Waals surface area contributed by atoms with Crippen LogP contribution in [0.15, 0.2) is 24.3 Å². The van der Waals surface area contributed by atoms with Crippen molar-refractivity contribution in [1.29, 1.82) is 0 Å². The van der Waals surface area contributed by atoms with Crippen LogP contribution in [-0.4, -0.2) is 7.85 Å². The van der Waals surface area contributed by atoms with E-state index >= 15 is 0 Å². The molecule has 2 heteroatoms. The van der Waals surface area contributed by atoms with Gasteiger partial charge < -0.3 is 0 Å². The van der Waals surface area contributed by atoms with E-state index in [4.69, 9.17) is 11.6 Å². The summed E-state index contributed by atoms with van der Waals surface area (Å²) in [4.78, 5) is 0. The first-order chi connectivity index (χ1) is 3.79. The van der Waals surface area contributed by atoms with E-state index in [0.29, 0.717) is 0 Å². The number of rotatable bonds is 0. The molecule has 0 aliphatic carbocycles. The summed E-state index contributed by atoms with van der Waals surface area (Å²) in [5.74, 6) is 0. The molecule has 0 unspecified atom stereocenters. The third kappa shape index (κ3) is 1.27. The molecular formula is C6H6BCl. The zero-order valence-electron chi connectivity index (χ0n) is 4.69. The first-order valence-corrected chi connectivity index (χ1v) is 2.89. The van der Waals surface area contributed by atoms with Crippen LogP contribution in [0.2, 0.25) is 5.02 Å². The molecule has 0 spiro atoms. The summed E-state index contributed by atoms with van der Waals surface area (Å²) in [6.07, 6.45) is 0. The minimum atomic E-state index is 0.810. The Hall–Kier alpha value is -0.425. The van der Waals surface area contributed by atoms with Gasteiger partial charge in [0.05, 0.1) is 0 Å². The molecule has 0 aliphatic heterocycles. The van der Waals surface area contributed by atoms with Crippen molar-refractivity contribution in [3.05, 3.63) is 29.3 Å². The molecule has 40 valence electrons. The molecule has 0 aliphatic rings. The maximum absolute atomic E-state index is 5.64. The standard InChI is InChI=1S/C6H6BCl/c7-5-2-1-3-6(8)4-5/h1-4H,7H2. The Morgan fingerprint density at radius 2 is 2.12 bits per heavy atom. The molecule has 0 nitrogen and oxygen atoms in total. The molecule has 0 radical (unpaired) electrons. The Balaban J connectivity index is 3.08. The molecule has 1 rings (SSSR count). The van der Waals surface area contributed by atoms with E-state index in [1.807, 2.05) is 32.1 Å². The quantitative estimate of drug-likeness (QED) is 0.444. The monoisotopic (exact) mass is 124 g/mol. The predicted molar refractivity (Wildman–Crippen MR) is 39.6 cm³/mol. The van der Waals surface area contributed by atoms with Gasteiger partial charge >= 0.3 is 0 Å². The molecule has 0 saturated carbocycles. The zero-order chi connectivity index (χ0) is 5.98. The third-order valence-corrected chi connectivity index (χ3v) is 1.22. The second kappa shape index (κ2) is 2.23. The van der Waals surface area contributed by atoms with Crippen LogP contribution in [0.3, 0.4) is 0 Å². The number of hydrogen-bond donors (Lipinski definition) is 0. The van der Waals surface area contributed by atoms with Gasteiger partial charge in [0.15, 0.2) is 0 Å². The molecule has 1 aromatic carbocycles. The largest absolute Gasteiger partial charge is 0.139 e. The highest BCUT2D eigenvalue weighted by Gasteiger charge is 1.83. The van der Waals surface area contributed by atoms with Gasteiger partial charge in [-0.1, -0.05) is 29.2 Å². The minimum absolute atomic E-state index is 0.810. The minimum Gasteiger partial charge on any atom is -0.0875 e. The Kier molecular flexibility index (Phi) is 1.59. The highest BCUT2D eigenvalue weighted by Crippen LogP contribution is 2.01. The lowest BCUT2D eigenvalue weighted by Crippen LogP contribution is -1.98. The van der Waals surface area contributed by atoms with Crippen LogP contribution in [0.5, 0.6) is 0 Å². The van der Waals surface area contributed by atoms with Crippen molar-refractivity contribution >= 4 is 24.9 Å². The van der Waals surface area contributed by atoms with E-state index in [1.54, 1.807) is 0 Å². The lowest BCUT2D eigenvalue weighted by Gasteiger charge is -1.88. The maximum atomic E-state index is 5.64. The van der Waals surface area contributed by atoms with Gasteiger partial charge in [0.25, 0.3) is 0 Å². The summed E-state index contributed by atoms with van der Waals surface area (Å²) in [5, 5.41) is 0.810. The van der Waals surface area contributed by atoms with Crippen molar-refractivity contribution in [2.45, 2.75) is 0 Å². The van der Waals surface area contributed by atoms with E-state index in [-0.39, 0.29) is 0 Å². The SMILES string of the molecule is Bc1cccc(Cl)c1. The topological polar surface area (TPSA) is 0 Å². The molecule has 0 bridgehead atoms. The van der Waals surface area contributed by atoms with Gasteiger partial charge in [-0.05, 0) is 12.1 Å². The summed E-state index contributed by atoms with van der Waals surface area (Å²) in [6, 6.07) is 7.76.